The Bertz CT molecular complexity index is 882. The third-order valence-corrected chi connectivity index (χ3v) is 4.66. The van der Waals surface area contributed by atoms with Crippen molar-refractivity contribution in [1.29, 1.82) is 0 Å². The highest BCUT2D eigenvalue weighted by Gasteiger charge is 2.20. The molecule has 1 aromatic carbocycles. The minimum Gasteiger partial charge on any atom is -0.497 e. The van der Waals surface area contributed by atoms with E-state index in [1.54, 1.807) is 20.5 Å². The normalized spacial score (nSPS) is 15.2. The summed E-state index contributed by atoms with van der Waals surface area (Å²) >= 11 is 0. The molecule has 0 spiro atoms. The SMILES string of the molecule is COc1cc(Nc2ncnc3c2cnn3C2CCNCC2)cc(OC)c1. The van der Waals surface area contributed by atoms with Gasteiger partial charge in [-0.25, -0.2) is 14.6 Å². The van der Waals surface area contributed by atoms with Crippen molar-refractivity contribution in [2.75, 3.05) is 32.6 Å². The Hall–Kier alpha value is -2.87. The molecule has 0 saturated carbocycles. The Morgan fingerprint density at radius 3 is 2.50 bits per heavy atom. The summed E-state index contributed by atoms with van der Waals surface area (Å²) in [6.45, 7) is 2.01. The average molecular weight is 354 g/mol. The van der Waals surface area contributed by atoms with Gasteiger partial charge in [-0.15, -0.1) is 0 Å². The maximum absolute atomic E-state index is 5.33. The highest BCUT2D eigenvalue weighted by Crippen LogP contribution is 2.30. The molecule has 1 fully saturated rings. The monoisotopic (exact) mass is 354 g/mol. The fraction of sp³-hybridized carbons (Fsp3) is 0.389. The van der Waals surface area contributed by atoms with Gasteiger partial charge in [-0.3, -0.25) is 0 Å². The van der Waals surface area contributed by atoms with Gasteiger partial charge in [-0.1, -0.05) is 0 Å². The molecule has 1 saturated heterocycles. The van der Waals surface area contributed by atoms with Crippen molar-refractivity contribution in [3.63, 3.8) is 0 Å². The molecular weight excluding hydrogens is 332 g/mol. The van der Waals surface area contributed by atoms with Gasteiger partial charge in [-0.2, -0.15) is 5.10 Å². The summed E-state index contributed by atoms with van der Waals surface area (Å²) in [5.41, 5.74) is 1.68. The Kier molecular flexibility index (Phi) is 4.57. The highest BCUT2D eigenvalue weighted by molar-refractivity contribution is 5.88. The summed E-state index contributed by atoms with van der Waals surface area (Å²) in [6.07, 6.45) is 5.51. The third kappa shape index (κ3) is 3.15. The lowest BCUT2D eigenvalue weighted by Crippen LogP contribution is -2.29. The van der Waals surface area contributed by atoms with E-state index in [1.165, 1.54) is 0 Å². The van der Waals surface area contributed by atoms with Crippen LogP contribution in [-0.4, -0.2) is 47.1 Å². The zero-order valence-electron chi connectivity index (χ0n) is 14.9. The number of nitrogens with zero attached hydrogens (tertiary/aromatic N) is 4. The molecule has 26 heavy (non-hydrogen) atoms. The van der Waals surface area contributed by atoms with E-state index in [4.69, 9.17) is 9.47 Å². The number of hydrogen-bond acceptors (Lipinski definition) is 7. The first kappa shape index (κ1) is 16.6. The van der Waals surface area contributed by atoms with Crippen molar-refractivity contribution in [2.24, 2.45) is 0 Å². The van der Waals surface area contributed by atoms with Gasteiger partial charge in [0.1, 0.15) is 23.6 Å². The number of anilines is 2. The lowest BCUT2D eigenvalue weighted by atomic mass is 10.1. The molecule has 8 heteroatoms. The number of fused-ring (bicyclic) bond motifs is 1. The van der Waals surface area contributed by atoms with Crippen molar-refractivity contribution in [2.45, 2.75) is 18.9 Å². The Morgan fingerprint density at radius 2 is 1.81 bits per heavy atom. The summed E-state index contributed by atoms with van der Waals surface area (Å²) < 4.78 is 12.7. The van der Waals surface area contributed by atoms with Crippen molar-refractivity contribution in [1.82, 2.24) is 25.1 Å². The zero-order valence-corrected chi connectivity index (χ0v) is 14.9. The lowest BCUT2D eigenvalue weighted by molar-refractivity contribution is 0.349. The van der Waals surface area contributed by atoms with Gasteiger partial charge in [-0.05, 0) is 25.9 Å². The van der Waals surface area contributed by atoms with Crippen LogP contribution >= 0.6 is 0 Å². The Balaban J connectivity index is 1.68. The van der Waals surface area contributed by atoms with Crippen molar-refractivity contribution in [3.8, 4) is 11.5 Å². The number of piperidine rings is 1. The van der Waals surface area contributed by atoms with Crippen LogP contribution in [0.4, 0.5) is 11.5 Å². The zero-order chi connectivity index (χ0) is 17.9. The molecular formula is C18H22N6O2. The number of benzene rings is 1. The van der Waals surface area contributed by atoms with Crippen LogP contribution in [0, 0.1) is 0 Å². The minimum absolute atomic E-state index is 0.369. The summed E-state index contributed by atoms with van der Waals surface area (Å²) in [7, 11) is 3.26. The van der Waals surface area contributed by atoms with Crippen molar-refractivity contribution < 1.29 is 9.47 Å². The van der Waals surface area contributed by atoms with E-state index in [0.29, 0.717) is 23.4 Å². The Labute approximate surface area is 151 Å². The fourth-order valence-corrected chi connectivity index (χ4v) is 3.30. The highest BCUT2D eigenvalue weighted by atomic mass is 16.5. The van der Waals surface area contributed by atoms with Gasteiger partial charge < -0.3 is 20.1 Å². The smallest absolute Gasteiger partial charge is 0.163 e. The molecule has 1 aliphatic heterocycles. The second-order valence-electron chi connectivity index (χ2n) is 6.26. The van der Waals surface area contributed by atoms with Crippen LogP contribution in [0.25, 0.3) is 11.0 Å². The van der Waals surface area contributed by atoms with Crippen LogP contribution in [0.3, 0.4) is 0 Å². The molecule has 2 N–H and O–H groups in total. The molecule has 136 valence electrons. The van der Waals surface area contributed by atoms with E-state index in [-0.39, 0.29) is 0 Å². The fourth-order valence-electron chi connectivity index (χ4n) is 3.30. The molecule has 4 rings (SSSR count). The first-order valence-corrected chi connectivity index (χ1v) is 8.67. The second kappa shape index (κ2) is 7.17. The molecule has 3 heterocycles. The number of nitrogens with one attached hydrogen (secondary N) is 2. The van der Waals surface area contributed by atoms with E-state index in [9.17, 15) is 0 Å². The van der Waals surface area contributed by atoms with Gasteiger partial charge in [0.15, 0.2) is 5.65 Å². The molecule has 0 radical (unpaired) electrons. The molecule has 0 bridgehead atoms. The predicted octanol–water partition coefficient (Wildman–Crippen LogP) is 2.51. The van der Waals surface area contributed by atoms with Crippen LogP contribution in [-0.2, 0) is 0 Å². The summed E-state index contributed by atoms with van der Waals surface area (Å²) in [5, 5.41) is 12.2. The van der Waals surface area contributed by atoms with Crippen LogP contribution in [0.15, 0.2) is 30.7 Å². The van der Waals surface area contributed by atoms with Crippen LogP contribution in [0.1, 0.15) is 18.9 Å². The van der Waals surface area contributed by atoms with Gasteiger partial charge in [0.05, 0.1) is 31.8 Å². The summed E-state index contributed by atoms with van der Waals surface area (Å²) in [4.78, 5) is 8.87. The maximum atomic E-state index is 5.33. The van der Waals surface area contributed by atoms with E-state index >= 15 is 0 Å². The standard InChI is InChI=1S/C18H22N6O2/c1-25-14-7-12(8-15(9-14)26-2)23-17-16-10-22-24(18(16)21-11-20-17)13-3-5-19-6-4-13/h7-11,13,19H,3-6H2,1-2H3,(H,20,21,23). The topological polar surface area (TPSA) is 86.1 Å². The molecule has 0 atom stereocenters. The van der Waals surface area contributed by atoms with Crippen LogP contribution in [0.2, 0.25) is 0 Å². The molecule has 1 aliphatic rings. The summed E-state index contributed by atoms with van der Waals surface area (Å²) in [5.74, 6) is 2.13. The average Bonchev–Trinajstić information content (AvgIpc) is 3.13. The first-order valence-electron chi connectivity index (χ1n) is 8.67. The molecule has 0 unspecified atom stereocenters. The quantitative estimate of drug-likeness (QED) is 0.728. The molecule has 2 aromatic heterocycles. The number of hydrogen-bond donors (Lipinski definition) is 2. The summed E-state index contributed by atoms with van der Waals surface area (Å²) in [6, 6.07) is 5.99. The van der Waals surface area contributed by atoms with Gasteiger partial charge in [0.25, 0.3) is 0 Å². The second-order valence-corrected chi connectivity index (χ2v) is 6.26. The van der Waals surface area contributed by atoms with E-state index < -0.39 is 0 Å². The van der Waals surface area contributed by atoms with Crippen molar-refractivity contribution >= 4 is 22.5 Å². The van der Waals surface area contributed by atoms with Gasteiger partial charge >= 0.3 is 0 Å². The minimum atomic E-state index is 0.369. The van der Waals surface area contributed by atoms with Crippen LogP contribution < -0.4 is 20.1 Å². The van der Waals surface area contributed by atoms with Gasteiger partial charge in [0.2, 0.25) is 0 Å². The van der Waals surface area contributed by atoms with Gasteiger partial charge in [0, 0.05) is 23.9 Å². The number of ether oxygens (including phenoxy) is 2. The largest absolute Gasteiger partial charge is 0.497 e. The Morgan fingerprint density at radius 1 is 1.08 bits per heavy atom. The number of methoxy groups -OCH3 is 2. The first-order chi connectivity index (χ1) is 12.8. The van der Waals surface area contributed by atoms with E-state index in [2.05, 4.69) is 25.7 Å². The third-order valence-electron chi connectivity index (χ3n) is 4.66. The lowest BCUT2D eigenvalue weighted by Gasteiger charge is -2.23. The molecule has 8 nitrogen and oxygen atoms in total. The van der Waals surface area contributed by atoms with E-state index in [1.807, 2.05) is 29.1 Å². The predicted molar refractivity (Wildman–Crippen MR) is 99.3 cm³/mol. The number of rotatable bonds is 5. The number of aromatic nitrogens is 4. The molecule has 0 aliphatic carbocycles. The van der Waals surface area contributed by atoms with Crippen LogP contribution in [0.5, 0.6) is 11.5 Å². The van der Waals surface area contributed by atoms with E-state index in [0.717, 1.165) is 42.7 Å². The maximum Gasteiger partial charge on any atom is 0.163 e. The molecule has 3 aromatic rings. The van der Waals surface area contributed by atoms with Crippen molar-refractivity contribution in [3.05, 3.63) is 30.7 Å². The molecule has 0 amide bonds.